The van der Waals surface area contributed by atoms with Crippen LogP contribution in [0.5, 0.6) is 0 Å². The van der Waals surface area contributed by atoms with Gasteiger partial charge in [-0.3, -0.25) is 0 Å². The van der Waals surface area contributed by atoms with Crippen molar-refractivity contribution in [2.45, 2.75) is 19.4 Å². The lowest BCUT2D eigenvalue weighted by atomic mass is 10.1. The van der Waals surface area contributed by atoms with E-state index in [4.69, 9.17) is 12.2 Å². The van der Waals surface area contributed by atoms with Crippen LogP contribution in [0.4, 0.5) is 0 Å². The van der Waals surface area contributed by atoms with Crippen LogP contribution in [0.1, 0.15) is 22.5 Å². The number of imidazole rings is 1. The highest BCUT2D eigenvalue weighted by Gasteiger charge is 2.12. The van der Waals surface area contributed by atoms with Gasteiger partial charge in [-0.2, -0.15) is 0 Å². The van der Waals surface area contributed by atoms with Crippen LogP contribution in [0.25, 0.3) is 0 Å². The van der Waals surface area contributed by atoms with Gasteiger partial charge < -0.3 is 9.55 Å². The summed E-state index contributed by atoms with van der Waals surface area (Å²) >= 11 is 5.56. The molecule has 0 saturated carbocycles. The number of aromatic amines is 1. The number of nitrogens with zero attached hydrogens (tertiary/aromatic N) is 1. The molecule has 1 N–H and O–H groups in total. The molecule has 0 amide bonds. The molecule has 0 radical (unpaired) electrons. The summed E-state index contributed by atoms with van der Waals surface area (Å²) < 4.78 is 2.98. The number of H-pyrrole nitrogens is 1. The van der Waals surface area contributed by atoms with Crippen LogP contribution >= 0.6 is 12.2 Å². The first-order chi connectivity index (χ1) is 11.3. The highest BCUT2D eigenvalue weighted by Crippen LogP contribution is 2.18. The second-order valence-electron chi connectivity index (χ2n) is 5.58. The molecule has 3 heteroatoms. The number of hydrogen-bond donors (Lipinski definition) is 1. The largest absolute Gasteiger partial charge is 0.334 e. The molecule has 0 aliphatic carbocycles. The van der Waals surface area contributed by atoms with Gasteiger partial charge in [0.15, 0.2) is 4.77 Å². The molecule has 0 saturated heterocycles. The van der Waals surface area contributed by atoms with Crippen molar-refractivity contribution in [3.05, 3.63) is 101 Å². The summed E-state index contributed by atoms with van der Waals surface area (Å²) in [5.41, 5.74) is 4.94. The van der Waals surface area contributed by atoms with E-state index in [1.54, 1.807) is 0 Å². The Bertz CT molecular complexity index is 829. The van der Waals surface area contributed by atoms with Crippen molar-refractivity contribution in [1.82, 2.24) is 9.55 Å². The third-order valence-corrected chi connectivity index (χ3v) is 4.25. The zero-order valence-corrected chi connectivity index (χ0v) is 13.9. The number of allylic oxidation sites excluding steroid dienone is 1. The fraction of sp³-hybridized carbons (Fsp3) is 0.150. The topological polar surface area (TPSA) is 20.7 Å². The molecule has 3 aromatic rings. The number of rotatable bonds is 6. The van der Waals surface area contributed by atoms with E-state index >= 15 is 0 Å². The summed E-state index contributed by atoms with van der Waals surface area (Å²) in [4.78, 5) is 3.36. The first kappa shape index (κ1) is 15.5. The van der Waals surface area contributed by atoms with E-state index in [2.05, 4.69) is 64.7 Å². The van der Waals surface area contributed by atoms with Gasteiger partial charge in [0, 0.05) is 24.2 Å². The standard InChI is InChI=1S/C20H20N2S/c1-2-9-18-19(14-16-10-5-3-6-11-16)22(20(23)21-18)15-17-12-7-4-8-13-17/h2-8,10-13H,1,9,14-15H2,(H,21,23). The number of nitrogens with one attached hydrogen (secondary N) is 1. The second-order valence-corrected chi connectivity index (χ2v) is 5.97. The molecule has 3 rings (SSSR count). The molecule has 1 aromatic heterocycles. The highest BCUT2D eigenvalue weighted by molar-refractivity contribution is 7.71. The Morgan fingerprint density at radius 1 is 0.957 bits per heavy atom. The molecular weight excluding hydrogens is 300 g/mol. The molecule has 0 aliphatic rings. The van der Waals surface area contributed by atoms with Crippen LogP contribution in [0.15, 0.2) is 73.3 Å². The summed E-state index contributed by atoms with van der Waals surface area (Å²) in [5.74, 6) is 0. The van der Waals surface area contributed by atoms with Gasteiger partial charge in [-0.15, -0.1) is 6.58 Å². The summed E-state index contributed by atoms with van der Waals surface area (Å²) in [6, 6.07) is 20.9. The minimum atomic E-state index is 0.775. The van der Waals surface area contributed by atoms with Gasteiger partial charge in [0.05, 0.1) is 6.54 Å². The monoisotopic (exact) mass is 320 g/mol. The lowest BCUT2D eigenvalue weighted by molar-refractivity contribution is 0.740. The van der Waals surface area contributed by atoms with Gasteiger partial charge in [0.1, 0.15) is 0 Å². The van der Waals surface area contributed by atoms with Crippen LogP contribution in [-0.2, 0) is 19.4 Å². The van der Waals surface area contributed by atoms with Gasteiger partial charge in [-0.05, 0) is 23.3 Å². The SMILES string of the molecule is C=CCc1[nH]c(=S)n(Cc2ccccc2)c1Cc1ccccc1. The third kappa shape index (κ3) is 3.69. The maximum Gasteiger partial charge on any atom is 0.177 e. The van der Waals surface area contributed by atoms with E-state index in [0.717, 1.165) is 29.9 Å². The fourth-order valence-electron chi connectivity index (χ4n) is 2.79. The van der Waals surface area contributed by atoms with Gasteiger partial charge in [0.25, 0.3) is 0 Å². The predicted octanol–water partition coefficient (Wildman–Crippen LogP) is 4.91. The minimum absolute atomic E-state index is 0.775. The van der Waals surface area contributed by atoms with E-state index in [-0.39, 0.29) is 0 Å². The maximum absolute atomic E-state index is 5.56. The molecule has 0 atom stereocenters. The lowest BCUT2D eigenvalue weighted by Gasteiger charge is -2.10. The molecule has 0 aliphatic heterocycles. The van der Waals surface area contributed by atoms with Crippen LogP contribution in [0.2, 0.25) is 0 Å². The zero-order valence-electron chi connectivity index (χ0n) is 13.0. The Hall–Kier alpha value is -2.39. The summed E-state index contributed by atoms with van der Waals surface area (Å²) in [5, 5.41) is 0. The van der Waals surface area contributed by atoms with Crippen molar-refractivity contribution in [2.24, 2.45) is 0 Å². The van der Waals surface area contributed by atoms with Gasteiger partial charge in [0.2, 0.25) is 0 Å². The molecule has 116 valence electrons. The molecule has 0 spiro atoms. The van der Waals surface area contributed by atoms with Crippen molar-refractivity contribution < 1.29 is 0 Å². The fourth-order valence-corrected chi connectivity index (χ4v) is 3.09. The Kier molecular flexibility index (Phi) is 4.89. The Morgan fingerprint density at radius 2 is 1.57 bits per heavy atom. The smallest absolute Gasteiger partial charge is 0.177 e. The Balaban J connectivity index is 2.00. The van der Waals surface area contributed by atoms with Gasteiger partial charge in [-0.25, -0.2) is 0 Å². The molecule has 0 bridgehead atoms. The average Bonchev–Trinajstić information content (AvgIpc) is 2.86. The van der Waals surface area contributed by atoms with Crippen LogP contribution < -0.4 is 0 Å². The van der Waals surface area contributed by atoms with Crippen molar-refractivity contribution in [3.63, 3.8) is 0 Å². The quantitative estimate of drug-likeness (QED) is 0.505. The van der Waals surface area contributed by atoms with Crippen molar-refractivity contribution in [3.8, 4) is 0 Å². The minimum Gasteiger partial charge on any atom is -0.334 e. The zero-order chi connectivity index (χ0) is 16.1. The molecular formula is C20H20N2S. The van der Waals surface area contributed by atoms with Crippen LogP contribution in [-0.4, -0.2) is 9.55 Å². The van der Waals surface area contributed by atoms with E-state index in [1.165, 1.54) is 16.8 Å². The predicted molar refractivity (Wildman–Crippen MR) is 98.3 cm³/mol. The Morgan fingerprint density at radius 3 is 2.17 bits per heavy atom. The first-order valence-corrected chi connectivity index (χ1v) is 8.18. The first-order valence-electron chi connectivity index (χ1n) is 7.77. The summed E-state index contributed by atoms with van der Waals surface area (Å²) in [6.07, 6.45) is 3.58. The molecule has 0 unspecified atom stereocenters. The maximum atomic E-state index is 5.56. The second kappa shape index (κ2) is 7.25. The van der Waals surface area contributed by atoms with Gasteiger partial charge >= 0.3 is 0 Å². The van der Waals surface area contributed by atoms with E-state index in [0.29, 0.717) is 0 Å². The third-order valence-electron chi connectivity index (χ3n) is 3.92. The molecule has 2 aromatic carbocycles. The molecule has 1 heterocycles. The van der Waals surface area contributed by atoms with E-state index in [9.17, 15) is 0 Å². The summed E-state index contributed by atoms with van der Waals surface area (Å²) in [7, 11) is 0. The molecule has 23 heavy (non-hydrogen) atoms. The normalized spacial score (nSPS) is 10.6. The van der Waals surface area contributed by atoms with E-state index < -0.39 is 0 Å². The van der Waals surface area contributed by atoms with E-state index in [1.807, 2.05) is 18.2 Å². The summed E-state index contributed by atoms with van der Waals surface area (Å²) in [6.45, 7) is 4.65. The van der Waals surface area contributed by atoms with Crippen molar-refractivity contribution in [2.75, 3.05) is 0 Å². The highest BCUT2D eigenvalue weighted by atomic mass is 32.1. The van der Waals surface area contributed by atoms with Crippen molar-refractivity contribution in [1.29, 1.82) is 0 Å². The average molecular weight is 320 g/mol. The molecule has 0 fully saturated rings. The van der Waals surface area contributed by atoms with Gasteiger partial charge in [-0.1, -0.05) is 66.7 Å². The van der Waals surface area contributed by atoms with Crippen molar-refractivity contribution >= 4 is 12.2 Å². The number of aromatic nitrogens is 2. The number of hydrogen-bond acceptors (Lipinski definition) is 1. The Labute approximate surface area is 142 Å². The molecule has 2 nitrogen and oxygen atoms in total. The van der Waals surface area contributed by atoms with Crippen LogP contribution in [0.3, 0.4) is 0 Å². The van der Waals surface area contributed by atoms with Crippen LogP contribution in [0, 0.1) is 4.77 Å². The number of benzene rings is 2. The lowest BCUT2D eigenvalue weighted by Crippen LogP contribution is -2.07.